The fourth-order valence-corrected chi connectivity index (χ4v) is 5.63. The van der Waals surface area contributed by atoms with Crippen molar-refractivity contribution in [3.8, 4) is 0 Å². The highest BCUT2D eigenvalue weighted by atomic mass is 79.9. The number of anilines is 2. The highest BCUT2D eigenvalue weighted by molar-refractivity contribution is 9.10. The summed E-state index contributed by atoms with van der Waals surface area (Å²) in [6, 6.07) is 8.36. The Morgan fingerprint density at radius 2 is 2.04 bits per heavy atom. The molecule has 8 heteroatoms. The lowest BCUT2D eigenvalue weighted by Crippen LogP contribution is -2.33. The molecule has 0 saturated heterocycles. The van der Waals surface area contributed by atoms with E-state index in [0.717, 1.165) is 5.56 Å². The van der Waals surface area contributed by atoms with E-state index in [4.69, 9.17) is 11.6 Å². The quantitative estimate of drug-likeness (QED) is 0.737. The first-order valence-corrected chi connectivity index (χ1v) is 10.7. The summed E-state index contributed by atoms with van der Waals surface area (Å²) >= 11 is 9.44. The van der Waals surface area contributed by atoms with Crippen LogP contribution < -0.4 is 9.62 Å². The van der Waals surface area contributed by atoms with Crippen LogP contribution in [0.15, 0.2) is 39.7 Å². The molecule has 1 aliphatic rings. The van der Waals surface area contributed by atoms with Gasteiger partial charge in [0.1, 0.15) is 4.90 Å². The minimum atomic E-state index is -3.86. The lowest BCUT2D eigenvalue weighted by atomic mass is 10.1. The third kappa shape index (κ3) is 3.35. The van der Waals surface area contributed by atoms with Gasteiger partial charge in [0.05, 0.1) is 5.69 Å². The summed E-state index contributed by atoms with van der Waals surface area (Å²) in [4.78, 5) is 13.7. The number of amides is 1. The Labute approximate surface area is 166 Å². The third-order valence-electron chi connectivity index (χ3n) is 4.49. The van der Waals surface area contributed by atoms with Crippen LogP contribution in [0.2, 0.25) is 5.02 Å². The monoisotopic (exact) mass is 456 g/mol. The molecule has 1 heterocycles. The largest absolute Gasteiger partial charge is 0.309 e. The van der Waals surface area contributed by atoms with Gasteiger partial charge in [0.25, 0.3) is 10.0 Å². The van der Waals surface area contributed by atoms with Gasteiger partial charge in [-0.3, -0.25) is 9.52 Å². The van der Waals surface area contributed by atoms with Crippen LogP contribution in [0.1, 0.15) is 25.0 Å². The average Bonchev–Trinajstić information content (AvgIpc) is 2.85. The van der Waals surface area contributed by atoms with Gasteiger partial charge in [-0.15, -0.1) is 0 Å². The van der Waals surface area contributed by atoms with Crippen molar-refractivity contribution < 1.29 is 13.2 Å². The maximum atomic E-state index is 13.0. The molecule has 1 N–H and O–H groups in total. The molecule has 0 aliphatic carbocycles. The van der Waals surface area contributed by atoms with E-state index < -0.39 is 10.0 Å². The summed E-state index contributed by atoms with van der Waals surface area (Å²) < 4.78 is 29.0. The zero-order chi connectivity index (χ0) is 19.2. The van der Waals surface area contributed by atoms with Crippen molar-refractivity contribution in [3.05, 3.63) is 51.0 Å². The maximum absolute atomic E-state index is 13.0. The molecule has 0 fully saturated rings. The zero-order valence-corrected chi connectivity index (χ0v) is 17.7. The van der Waals surface area contributed by atoms with Crippen LogP contribution in [0.25, 0.3) is 0 Å². The van der Waals surface area contributed by atoms with Gasteiger partial charge in [-0.2, -0.15) is 0 Å². The summed E-state index contributed by atoms with van der Waals surface area (Å²) in [6.07, 6.45) is 0.689. The Morgan fingerprint density at radius 3 is 2.69 bits per heavy atom. The van der Waals surface area contributed by atoms with Gasteiger partial charge in [0, 0.05) is 28.1 Å². The van der Waals surface area contributed by atoms with E-state index in [0.29, 0.717) is 32.9 Å². The SMILES string of the molecule is CC(=O)N1c2cc(S(=O)(=O)Nc3cccc(Cl)c3C)c(Br)cc2C[C@@H]1C. The van der Waals surface area contributed by atoms with Gasteiger partial charge in [-0.1, -0.05) is 17.7 Å². The van der Waals surface area contributed by atoms with Crippen LogP contribution in [-0.2, 0) is 21.2 Å². The number of hydrogen-bond acceptors (Lipinski definition) is 3. The van der Waals surface area contributed by atoms with E-state index in [-0.39, 0.29) is 16.8 Å². The number of carbonyl (C=O) groups excluding carboxylic acids is 1. The number of nitrogens with zero attached hydrogens (tertiary/aromatic N) is 1. The smallest absolute Gasteiger partial charge is 0.263 e. The third-order valence-corrected chi connectivity index (χ3v) is 7.22. The Morgan fingerprint density at radius 1 is 1.35 bits per heavy atom. The predicted octanol–water partition coefficient (Wildman–Crippen LogP) is 4.51. The topological polar surface area (TPSA) is 66.5 Å². The van der Waals surface area contributed by atoms with Crippen LogP contribution >= 0.6 is 27.5 Å². The molecule has 1 atom stereocenters. The molecule has 0 spiro atoms. The van der Waals surface area contributed by atoms with E-state index in [2.05, 4.69) is 20.7 Å². The van der Waals surface area contributed by atoms with Crippen LogP contribution in [0.4, 0.5) is 11.4 Å². The fourth-order valence-electron chi connectivity index (χ4n) is 3.22. The van der Waals surface area contributed by atoms with E-state index in [9.17, 15) is 13.2 Å². The molecule has 0 saturated carbocycles. The van der Waals surface area contributed by atoms with Crippen LogP contribution in [-0.4, -0.2) is 20.4 Å². The number of nitrogens with one attached hydrogen (secondary N) is 1. The van der Waals surface area contributed by atoms with Crippen molar-refractivity contribution in [1.82, 2.24) is 0 Å². The number of benzene rings is 2. The van der Waals surface area contributed by atoms with Crippen molar-refractivity contribution in [2.24, 2.45) is 0 Å². The molecule has 1 aliphatic heterocycles. The first kappa shape index (κ1) is 19.2. The summed E-state index contributed by atoms with van der Waals surface area (Å²) in [6.45, 7) is 5.17. The minimum absolute atomic E-state index is 0.00418. The van der Waals surface area contributed by atoms with Crippen molar-refractivity contribution in [2.75, 3.05) is 9.62 Å². The van der Waals surface area contributed by atoms with Crippen LogP contribution in [0.5, 0.6) is 0 Å². The molecule has 1 amide bonds. The predicted molar refractivity (Wildman–Crippen MR) is 107 cm³/mol. The zero-order valence-electron chi connectivity index (χ0n) is 14.5. The normalized spacial score (nSPS) is 16.5. The Bertz CT molecular complexity index is 1010. The first-order chi connectivity index (χ1) is 12.1. The molecule has 5 nitrogen and oxygen atoms in total. The minimum Gasteiger partial charge on any atom is -0.309 e. The van der Waals surface area contributed by atoms with Crippen molar-refractivity contribution in [3.63, 3.8) is 0 Å². The molecular formula is C18H18BrClN2O3S. The molecule has 3 rings (SSSR count). The van der Waals surface area contributed by atoms with Gasteiger partial charge in [-0.25, -0.2) is 8.42 Å². The molecule has 0 bridgehead atoms. The molecule has 0 unspecified atom stereocenters. The number of carbonyl (C=O) groups is 1. The van der Waals surface area contributed by atoms with E-state index in [1.54, 1.807) is 42.2 Å². The summed E-state index contributed by atoms with van der Waals surface area (Å²) in [7, 11) is -3.86. The number of halogens is 2. The van der Waals surface area contributed by atoms with E-state index >= 15 is 0 Å². The van der Waals surface area contributed by atoms with Gasteiger partial charge in [-0.05, 0) is 71.6 Å². The van der Waals surface area contributed by atoms with Gasteiger partial charge in [0.15, 0.2) is 0 Å². The summed E-state index contributed by atoms with van der Waals surface area (Å²) in [5.74, 6) is -0.111. The second kappa shape index (κ2) is 6.87. The number of sulfonamides is 1. The number of fused-ring (bicyclic) bond motifs is 1. The van der Waals surface area contributed by atoms with Crippen molar-refractivity contribution in [2.45, 2.75) is 38.1 Å². The molecule has 2 aromatic rings. The molecule has 26 heavy (non-hydrogen) atoms. The number of hydrogen-bond donors (Lipinski definition) is 1. The average molecular weight is 458 g/mol. The van der Waals surface area contributed by atoms with Crippen LogP contribution in [0, 0.1) is 6.92 Å². The van der Waals surface area contributed by atoms with E-state index in [1.807, 2.05) is 6.92 Å². The highest BCUT2D eigenvalue weighted by Crippen LogP contribution is 2.38. The molecule has 138 valence electrons. The standard InChI is InChI=1S/C18H18BrClN2O3S/c1-10-7-13-8-14(19)18(9-17(13)22(10)12(3)23)26(24,25)21-16-6-4-5-15(20)11(16)2/h4-6,8-10,21H,7H2,1-3H3/t10-/m0/s1. The van der Waals surface area contributed by atoms with Gasteiger partial charge >= 0.3 is 0 Å². The van der Waals surface area contributed by atoms with E-state index in [1.165, 1.54) is 6.92 Å². The first-order valence-electron chi connectivity index (χ1n) is 8.02. The second-order valence-corrected chi connectivity index (χ2v) is 9.28. The molecular weight excluding hydrogens is 440 g/mol. The number of rotatable bonds is 3. The second-order valence-electron chi connectivity index (χ2n) is 6.37. The maximum Gasteiger partial charge on any atom is 0.263 e. The molecule has 0 aromatic heterocycles. The fraction of sp³-hybridized carbons (Fsp3) is 0.278. The van der Waals surface area contributed by atoms with Gasteiger partial charge in [0.2, 0.25) is 5.91 Å². The lowest BCUT2D eigenvalue weighted by molar-refractivity contribution is -0.116. The van der Waals surface area contributed by atoms with Crippen LogP contribution in [0.3, 0.4) is 0 Å². The molecule has 0 radical (unpaired) electrons. The Hall–Kier alpha value is -1.57. The Balaban J connectivity index is 2.07. The lowest BCUT2D eigenvalue weighted by Gasteiger charge is -2.21. The van der Waals surface area contributed by atoms with Gasteiger partial charge < -0.3 is 4.90 Å². The van der Waals surface area contributed by atoms with Crippen molar-refractivity contribution >= 4 is 54.8 Å². The highest BCUT2D eigenvalue weighted by Gasteiger charge is 2.32. The summed E-state index contributed by atoms with van der Waals surface area (Å²) in [5.41, 5.74) is 2.64. The van der Waals surface area contributed by atoms with Crippen molar-refractivity contribution in [1.29, 1.82) is 0 Å². The molecule has 2 aromatic carbocycles. The summed E-state index contributed by atoms with van der Waals surface area (Å²) in [5, 5.41) is 0.481. The Kier molecular flexibility index (Phi) is 5.07.